The molecular formula is C20H23N3OS. The van der Waals surface area contributed by atoms with Crippen LogP contribution in [0, 0.1) is 13.8 Å². The van der Waals surface area contributed by atoms with Gasteiger partial charge in [-0.3, -0.25) is 9.78 Å². The number of amides is 1. The van der Waals surface area contributed by atoms with Crippen molar-refractivity contribution in [2.75, 3.05) is 20.6 Å². The van der Waals surface area contributed by atoms with E-state index in [1.807, 2.05) is 52.2 Å². The molecule has 1 amide bonds. The molecule has 0 aliphatic rings. The number of hydrogen-bond donors (Lipinski definition) is 1. The second kappa shape index (κ2) is 7.33. The van der Waals surface area contributed by atoms with Gasteiger partial charge in [-0.2, -0.15) is 11.3 Å². The van der Waals surface area contributed by atoms with E-state index in [-0.39, 0.29) is 11.9 Å². The molecule has 2 aromatic heterocycles. The molecule has 1 atom stereocenters. The van der Waals surface area contributed by atoms with Crippen LogP contribution in [0.15, 0.2) is 41.1 Å². The second-order valence-electron chi connectivity index (χ2n) is 6.56. The molecule has 2 heterocycles. The molecule has 130 valence electrons. The lowest BCUT2D eigenvalue weighted by Gasteiger charge is -2.24. The van der Waals surface area contributed by atoms with Crippen LogP contribution in [0.4, 0.5) is 0 Å². The van der Waals surface area contributed by atoms with Gasteiger partial charge in [0.2, 0.25) is 0 Å². The number of carbonyl (C=O) groups is 1. The molecule has 5 heteroatoms. The van der Waals surface area contributed by atoms with Gasteiger partial charge in [-0.1, -0.05) is 12.1 Å². The maximum Gasteiger partial charge on any atom is 0.253 e. The van der Waals surface area contributed by atoms with Crippen molar-refractivity contribution in [1.29, 1.82) is 0 Å². The number of likely N-dealkylation sites (N-methyl/N-ethyl adjacent to an activating group) is 1. The predicted octanol–water partition coefficient (Wildman–Crippen LogP) is 3.95. The molecule has 0 aliphatic carbocycles. The summed E-state index contributed by atoms with van der Waals surface area (Å²) in [5.74, 6) is -0.0745. The number of fused-ring (bicyclic) bond motifs is 1. The van der Waals surface area contributed by atoms with Gasteiger partial charge in [0.1, 0.15) is 0 Å². The number of aryl methyl sites for hydroxylation is 2. The fourth-order valence-corrected chi connectivity index (χ4v) is 3.66. The molecular weight excluding hydrogens is 330 g/mol. The van der Waals surface area contributed by atoms with Crippen molar-refractivity contribution in [3.63, 3.8) is 0 Å². The lowest BCUT2D eigenvalue weighted by atomic mass is 10.1. The van der Waals surface area contributed by atoms with Gasteiger partial charge < -0.3 is 10.2 Å². The summed E-state index contributed by atoms with van der Waals surface area (Å²) in [6, 6.07) is 10.3. The summed E-state index contributed by atoms with van der Waals surface area (Å²) in [6.45, 7) is 4.50. The first-order valence-corrected chi connectivity index (χ1v) is 9.24. The lowest BCUT2D eigenvalue weighted by molar-refractivity contribution is 0.0941. The molecule has 0 bridgehead atoms. The van der Waals surface area contributed by atoms with E-state index in [9.17, 15) is 4.79 Å². The molecule has 0 saturated carbocycles. The maximum atomic E-state index is 12.7. The van der Waals surface area contributed by atoms with Crippen LogP contribution >= 0.6 is 11.3 Å². The van der Waals surface area contributed by atoms with Gasteiger partial charge in [-0.15, -0.1) is 0 Å². The number of pyridine rings is 1. The minimum atomic E-state index is -0.0745. The Balaban J connectivity index is 1.80. The van der Waals surface area contributed by atoms with Crippen LogP contribution in [-0.2, 0) is 0 Å². The van der Waals surface area contributed by atoms with E-state index in [0.717, 1.165) is 16.6 Å². The molecule has 1 unspecified atom stereocenters. The number of thiophene rings is 1. The molecule has 0 spiro atoms. The van der Waals surface area contributed by atoms with Crippen LogP contribution in [0.1, 0.15) is 33.2 Å². The van der Waals surface area contributed by atoms with Crippen molar-refractivity contribution in [2.24, 2.45) is 0 Å². The number of nitrogens with one attached hydrogen (secondary N) is 1. The van der Waals surface area contributed by atoms with Gasteiger partial charge in [0.05, 0.1) is 22.8 Å². The summed E-state index contributed by atoms with van der Waals surface area (Å²) in [5, 5.41) is 8.25. The van der Waals surface area contributed by atoms with Crippen molar-refractivity contribution in [3.8, 4) is 0 Å². The Kier molecular flexibility index (Phi) is 5.16. The highest BCUT2D eigenvalue weighted by Gasteiger charge is 2.17. The monoisotopic (exact) mass is 353 g/mol. The van der Waals surface area contributed by atoms with Crippen molar-refractivity contribution in [2.45, 2.75) is 19.9 Å². The quantitative estimate of drug-likeness (QED) is 0.755. The number of aromatic nitrogens is 1. The topological polar surface area (TPSA) is 45.2 Å². The third-order valence-corrected chi connectivity index (χ3v) is 5.12. The summed E-state index contributed by atoms with van der Waals surface area (Å²) in [6.07, 6.45) is 0. The maximum absolute atomic E-state index is 12.7. The zero-order valence-electron chi connectivity index (χ0n) is 15.0. The van der Waals surface area contributed by atoms with Gasteiger partial charge in [0.25, 0.3) is 5.91 Å². The van der Waals surface area contributed by atoms with Gasteiger partial charge in [-0.25, -0.2) is 0 Å². The SMILES string of the molecule is Cc1ccc2cc(C(=O)NCC(c3ccsc3)N(C)C)c(C)nc2c1. The van der Waals surface area contributed by atoms with E-state index in [1.54, 1.807) is 11.3 Å². The largest absolute Gasteiger partial charge is 0.350 e. The Morgan fingerprint density at radius 1 is 1.24 bits per heavy atom. The van der Waals surface area contributed by atoms with Crippen molar-refractivity contribution in [1.82, 2.24) is 15.2 Å². The highest BCUT2D eigenvalue weighted by atomic mass is 32.1. The zero-order valence-corrected chi connectivity index (χ0v) is 15.9. The first kappa shape index (κ1) is 17.6. The molecule has 0 saturated heterocycles. The summed E-state index contributed by atoms with van der Waals surface area (Å²) >= 11 is 1.67. The number of rotatable bonds is 5. The Hall–Kier alpha value is -2.24. The van der Waals surface area contributed by atoms with E-state index in [1.165, 1.54) is 11.1 Å². The highest BCUT2D eigenvalue weighted by Crippen LogP contribution is 2.21. The standard InChI is InChI=1S/C20H23N3OS/c1-13-5-6-15-10-17(14(2)22-18(15)9-13)20(24)21-11-19(23(3)4)16-7-8-25-12-16/h5-10,12,19H,11H2,1-4H3,(H,21,24). The summed E-state index contributed by atoms with van der Waals surface area (Å²) < 4.78 is 0. The van der Waals surface area contributed by atoms with Crippen LogP contribution in [-0.4, -0.2) is 36.4 Å². The number of hydrogen-bond acceptors (Lipinski definition) is 4. The Morgan fingerprint density at radius 2 is 2.04 bits per heavy atom. The second-order valence-corrected chi connectivity index (χ2v) is 7.34. The molecule has 4 nitrogen and oxygen atoms in total. The van der Waals surface area contributed by atoms with E-state index < -0.39 is 0 Å². The van der Waals surface area contributed by atoms with E-state index in [4.69, 9.17) is 0 Å². The Labute approximate surface area is 152 Å². The van der Waals surface area contributed by atoms with Gasteiger partial charge >= 0.3 is 0 Å². The van der Waals surface area contributed by atoms with Crippen molar-refractivity contribution < 1.29 is 4.79 Å². The Bertz CT molecular complexity index is 887. The van der Waals surface area contributed by atoms with Gasteiger partial charge in [0, 0.05) is 11.9 Å². The molecule has 0 fully saturated rings. The first-order valence-electron chi connectivity index (χ1n) is 8.30. The summed E-state index contributed by atoms with van der Waals surface area (Å²) in [4.78, 5) is 19.4. The number of carbonyl (C=O) groups excluding carboxylic acids is 1. The van der Waals surface area contributed by atoms with Crippen LogP contribution in [0.5, 0.6) is 0 Å². The number of nitrogens with zero attached hydrogens (tertiary/aromatic N) is 2. The molecule has 3 rings (SSSR count). The molecule has 3 aromatic rings. The lowest BCUT2D eigenvalue weighted by Crippen LogP contribution is -2.34. The average Bonchev–Trinajstić information content (AvgIpc) is 3.08. The minimum Gasteiger partial charge on any atom is -0.350 e. The van der Waals surface area contributed by atoms with Crippen molar-refractivity contribution >= 4 is 28.1 Å². The van der Waals surface area contributed by atoms with Crippen LogP contribution < -0.4 is 5.32 Å². The summed E-state index contributed by atoms with van der Waals surface area (Å²) in [5.41, 5.74) is 4.71. The van der Waals surface area contributed by atoms with E-state index in [2.05, 4.69) is 32.0 Å². The fraction of sp³-hybridized carbons (Fsp3) is 0.300. The predicted molar refractivity (Wildman–Crippen MR) is 104 cm³/mol. The van der Waals surface area contributed by atoms with Crippen molar-refractivity contribution in [3.05, 3.63) is 63.5 Å². The third-order valence-electron chi connectivity index (χ3n) is 4.42. The average molecular weight is 353 g/mol. The molecule has 1 N–H and O–H groups in total. The van der Waals surface area contributed by atoms with Gasteiger partial charge in [-0.05, 0) is 68.0 Å². The minimum absolute atomic E-state index is 0.0745. The van der Waals surface area contributed by atoms with Crippen LogP contribution in [0.2, 0.25) is 0 Å². The normalized spacial score (nSPS) is 12.5. The molecule has 0 radical (unpaired) electrons. The molecule has 1 aromatic carbocycles. The molecule has 0 aliphatic heterocycles. The Morgan fingerprint density at radius 3 is 2.72 bits per heavy atom. The highest BCUT2D eigenvalue weighted by molar-refractivity contribution is 7.07. The smallest absolute Gasteiger partial charge is 0.253 e. The van der Waals surface area contributed by atoms with Crippen LogP contribution in [0.3, 0.4) is 0 Å². The third kappa shape index (κ3) is 3.89. The van der Waals surface area contributed by atoms with Crippen LogP contribution in [0.25, 0.3) is 10.9 Å². The zero-order chi connectivity index (χ0) is 18.0. The first-order chi connectivity index (χ1) is 12.0. The fourth-order valence-electron chi connectivity index (χ4n) is 2.95. The molecule has 25 heavy (non-hydrogen) atoms. The summed E-state index contributed by atoms with van der Waals surface area (Å²) in [7, 11) is 4.05. The van der Waals surface area contributed by atoms with Gasteiger partial charge in [0.15, 0.2) is 0 Å². The number of benzene rings is 1. The van der Waals surface area contributed by atoms with E-state index in [0.29, 0.717) is 12.1 Å². The van der Waals surface area contributed by atoms with E-state index >= 15 is 0 Å².